The average molecular weight is 462 g/mol. The fraction of sp³-hybridized carbons (Fsp3) is 0.364. The Morgan fingerprint density at radius 1 is 1.29 bits per heavy atom. The molecule has 31 heavy (non-hydrogen) atoms. The molecule has 0 aliphatic carbocycles. The van der Waals surface area contributed by atoms with Crippen LogP contribution in [0.2, 0.25) is 10.0 Å². The van der Waals surface area contributed by atoms with Crippen molar-refractivity contribution in [3.8, 4) is 11.8 Å². The summed E-state index contributed by atoms with van der Waals surface area (Å²) >= 11 is 12.5. The van der Waals surface area contributed by atoms with Crippen molar-refractivity contribution in [2.75, 3.05) is 32.8 Å². The Morgan fingerprint density at radius 2 is 2.03 bits per heavy atom. The number of aromatic nitrogens is 1. The number of pyridine rings is 1. The first-order chi connectivity index (χ1) is 14.9. The maximum absolute atomic E-state index is 13.6. The molecule has 0 unspecified atom stereocenters. The van der Waals surface area contributed by atoms with Crippen LogP contribution in [0.1, 0.15) is 22.7 Å². The molecule has 1 atom stereocenters. The zero-order valence-electron chi connectivity index (χ0n) is 17.1. The topological polar surface area (TPSA) is 94.7 Å². The van der Waals surface area contributed by atoms with E-state index >= 15 is 0 Å². The number of allylic oxidation sites excluding steroid dienone is 1. The van der Waals surface area contributed by atoms with Gasteiger partial charge in [-0.15, -0.1) is 0 Å². The Balaban J connectivity index is 1.81. The van der Waals surface area contributed by atoms with Crippen LogP contribution in [0.3, 0.4) is 0 Å². The van der Waals surface area contributed by atoms with Crippen molar-refractivity contribution in [3.63, 3.8) is 0 Å². The molecular formula is C22H23Cl2N4O3+. The molecule has 2 aliphatic rings. The number of halogens is 2. The van der Waals surface area contributed by atoms with E-state index in [0.29, 0.717) is 33.5 Å². The van der Waals surface area contributed by atoms with Crippen LogP contribution in [-0.2, 0) is 11.3 Å². The highest BCUT2D eigenvalue weighted by Crippen LogP contribution is 2.43. The number of hydrogen-bond donors (Lipinski definition) is 2. The minimum absolute atomic E-state index is 0.0275. The number of benzene rings is 1. The van der Waals surface area contributed by atoms with Crippen LogP contribution in [-0.4, -0.2) is 37.4 Å². The number of aryl methyl sites for hydroxylation is 1. The molecule has 2 aromatic rings. The first-order valence-corrected chi connectivity index (χ1v) is 10.8. The first-order valence-electron chi connectivity index (χ1n) is 10.1. The third-order valence-corrected chi connectivity index (χ3v) is 6.41. The van der Waals surface area contributed by atoms with Crippen LogP contribution in [0.15, 0.2) is 40.5 Å². The summed E-state index contributed by atoms with van der Waals surface area (Å²) in [7, 11) is 0. The molecule has 1 fully saturated rings. The van der Waals surface area contributed by atoms with E-state index in [1.54, 1.807) is 28.8 Å². The molecule has 1 aromatic carbocycles. The second-order valence-electron chi connectivity index (χ2n) is 7.72. The minimum atomic E-state index is -0.728. The largest absolute Gasteiger partial charge is 0.440 e. The number of fused-ring (bicyclic) bond motifs is 1. The molecule has 4 rings (SSSR count). The van der Waals surface area contributed by atoms with Crippen LogP contribution < -0.4 is 20.9 Å². The van der Waals surface area contributed by atoms with Gasteiger partial charge in [-0.1, -0.05) is 29.3 Å². The van der Waals surface area contributed by atoms with E-state index in [1.807, 2.05) is 6.92 Å². The van der Waals surface area contributed by atoms with E-state index in [4.69, 9.17) is 38.4 Å². The van der Waals surface area contributed by atoms with Crippen molar-refractivity contribution >= 4 is 23.2 Å². The van der Waals surface area contributed by atoms with E-state index < -0.39 is 5.92 Å². The van der Waals surface area contributed by atoms with Gasteiger partial charge in [0.15, 0.2) is 0 Å². The zero-order valence-corrected chi connectivity index (χ0v) is 18.6. The predicted molar refractivity (Wildman–Crippen MR) is 118 cm³/mol. The van der Waals surface area contributed by atoms with Crippen molar-refractivity contribution in [3.05, 3.63) is 72.9 Å². The van der Waals surface area contributed by atoms with Crippen molar-refractivity contribution in [2.45, 2.75) is 19.4 Å². The van der Waals surface area contributed by atoms with Gasteiger partial charge in [0.05, 0.1) is 37.8 Å². The van der Waals surface area contributed by atoms with Crippen molar-refractivity contribution < 1.29 is 14.4 Å². The maximum Gasteiger partial charge on any atom is 0.258 e. The van der Waals surface area contributed by atoms with Crippen molar-refractivity contribution in [1.29, 1.82) is 5.26 Å². The number of nitrogens with two attached hydrogens (primary N) is 1. The highest BCUT2D eigenvalue weighted by atomic mass is 35.5. The normalized spacial score (nSPS) is 19.0. The summed E-state index contributed by atoms with van der Waals surface area (Å²) in [6, 6.07) is 8.88. The lowest BCUT2D eigenvalue weighted by atomic mass is 9.84. The Hall–Kier alpha value is -2.50. The van der Waals surface area contributed by atoms with E-state index in [-0.39, 0.29) is 17.0 Å². The molecular weight excluding hydrogens is 439 g/mol. The van der Waals surface area contributed by atoms with Gasteiger partial charge in [0, 0.05) is 21.8 Å². The second kappa shape index (κ2) is 8.93. The van der Waals surface area contributed by atoms with Gasteiger partial charge in [0.1, 0.15) is 30.5 Å². The third-order valence-electron chi connectivity index (χ3n) is 5.85. The first kappa shape index (κ1) is 21.7. The van der Waals surface area contributed by atoms with Crippen LogP contribution in [0, 0.1) is 18.3 Å². The molecule has 3 heterocycles. The molecule has 0 bridgehead atoms. The molecule has 1 aromatic heterocycles. The lowest BCUT2D eigenvalue weighted by Gasteiger charge is -2.28. The summed E-state index contributed by atoms with van der Waals surface area (Å²) < 4.78 is 12.8. The minimum Gasteiger partial charge on any atom is -0.440 e. The summed E-state index contributed by atoms with van der Waals surface area (Å²) in [5.41, 5.74) is 7.71. The van der Waals surface area contributed by atoms with Gasteiger partial charge in [-0.25, -0.2) is 0 Å². The molecule has 0 amide bonds. The zero-order chi connectivity index (χ0) is 22.1. The molecule has 9 heteroatoms. The molecule has 2 aliphatic heterocycles. The average Bonchev–Trinajstić information content (AvgIpc) is 2.73. The Kier molecular flexibility index (Phi) is 6.26. The highest BCUT2D eigenvalue weighted by molar-refractivity contribution is 6.35. The second-order valence-corrected chi connectivity index (χ2v) is 8.57. The van der Waals surface area contributed by atoms with Gasteiger partial charge in [-0.2, -0.15) is 5.26 Å². The smallest absolute Gasteiger partial charge is 0.258 e. The van der Waals surface area contributed by atoms with Gasteiger partial charge in [-0.3, -0.25) is 4.79 Å². The van der Waals surface area contributed by atoms with Crippen LogP contribution in [0.25, 0.3) is 0 Å². The fourth-order valence-electron chi connectivity index (χ4n) is 4.19. The quantitative estimate of drug-likeness (QED) is 0.720. The molecule has 3 N–H and O–H groups in total. The Labute approximate surface area is 190 Å². The highest BCUT2D eigenvalue weighted by Gasteiger charge is 2.35. The van der Waals surface area contributed by atoms with Gasteiger partial charge >= 0.3 is 0 Å². The Morgan fingerprint density at radius 3 is 2.71 bits per heavy atom. The van der Waals surface area contributed by atoms with Crippen molar-refractivity contribution in [1.82, 2.24) is 4.57 Å². The van der Waals surface area contributed by atoms with E-state index in [2.05, 4.69) is 6.07 Å². The summed E-state index contributed by atoms with van der Waals surface area (Å²) in [5, 5.41) is 10.6. The number of nitrogens with one attached hydrogen (secondary N) is 1. The molecule has 7 nitrogen and oxygen atoms in total. The lowest BCUT2D eigenvalue weighted by molar-refractivity contribution is -0.908. The van der Waals surface area contributed by atoms with Gasteiger partial charge in [0.2, 0.25) is 5.88 Å². The standard InChI is InChI=1S/C22H22Cl2N4O3/c1-13-10-18-20(22(29)28(13)5-4-27-6-8-30-9-7-27)19(16(12-25)21(26)31-18)15-3-2-14(23)11-17(15)24/h2-3,10-11,19H,4-9,26H2,1H3/p+1/t19-/m0/s1. The predicted octanol–water partition coefficient (Wildman–Crippen LogP) is 1.60. The third kappa shape index (κ3) is 4.17. The number of nitrogens with zero attached hydrogens (tertiary/aromatic N) is 2. The number of hydrogen-bond acceptors (Lipinski definition) is 5. The maximum atomic E-state index is 13.6. The van der Waals surface area contributed by atoms with Gasteiger partial charge in [0.25, 0.3) is 5.56 Å². The van der Waals surface area contributed by atoms with E-state index in [9.17, 15) is 10.1 Å². The monoisotopic (exact) mass is 461 g/mol. The summed E-state index contributed by atoms with van der Waals surface area (Å²) in [4.78, 5) is 15.0. The van der Waals surface area contributed by atoms with Crippen LogP contribution in [0.4, 0.5) is 0 Å². The number of morpholine rings is 1. The molecule has 0 saturated carbocycles. The molecule has 0 radical (unpaired) electrons. The molecule has 162 valence electrons. The Bertz CT molecular complexity index is 1150. The van der Waals surface area contributed by atoms with Crippen LogP contribution in [0.5, 0.6) is 5.75 Å². The van der Waals surface area contributed by atoms with E-state index in [1.165, 1.54) is 4.90 Å². The van der Waals surface area contributed by atoms with Crippen molar-refractivity contribution in [2.24, 2.45) is 5.73 Å². The summed E-state index contributed by atoms with van der Waals surface area (Å²) in [6.45, 7) is 6.52. The van der Waals surface area contributed by atoms with Crippen LogP contribution >= 0.6 is 23.2 Å². The van der Waals surface area contributed by atoms with Gasteiger partial charge in [-0.05, 0) is 24.6 Å². The van der Waals surface area contributed by atoms with E-state index in [0.717, 1.165) is 38.5 Å². The lowest BCUT2D eigenvalue weighted by Crippen LogP contribution is -3.14. The number of ether oxygens (including phenoxy) is 2. The fourth-order valence-corrected chi connectivity index (χ4v) is 4.71. The van der Waals surface area contributed by atoms with Gasteiger partial charge < -0.3 is 24.7 Å². The SMILES string of the molecule is Cc1cc2c(c(=O)n1CC[NH+]1CCOCC1)[C@@H](c1ccc(Cl)cc1Cl)C(C#N)=C(N)O2. The number of nitriles is 1. The molecule has 1 saturated heterocycles. The number of quaternary nitrogens is 1. The molecule has 0 spiro atoms. The summed E-state index contributed by atoms with van der Waals surface area (Å²) in [5.74, 6) is -0.404. The number of rotatable bonds is 4. The summed E-state index contributed by atoms with van der Waals surface area (Å²) in [6.07, 6.45) is 0.